The van der Waals surface area contributed by atoms with E-state index < -0.39 is 17.8 Å². The van der Waals surface area contributed by atoms with Gasteiger partial charge in [0.15, 0.2) is 0 Å². The average molecular weight is 291 g/mol. The van der Waals surface area contributed by atoms with Crippen LogP contribution in [0, 0.1) is 11.8 Å². The smallest absolute Gasteiger partial charge is 0.307 e. The zero-order chi connectivity index (χ0) is 15.4. The first-order valence-electron chi connectivity index (χ1n) is 7.20. The van der Waals surface area contributed by atoms with Crippen molar-refractivity contribution in [1.82, 2.24) is 5.32 Å². The molecule has 0 heterocycles. The van der Waals surface area contributed by atoms with E-state index in [4.69, 9.17) is 9.84 Å². The number of carbonyl (C=O) groups excluding carboxylic acids is 1. The van der Waals surface area contributed by atoms with Gasteiger partial charge in [0.2, 0.25) is 5.91 Å². The maximum absolute atomic E-state index is 12.3. The average Bonchev–Trinajstić information content (AvgIpc) is 2.96. The summed E-state index contributed by atoms with van der Waals surface area (Å²) in [6.45, 7) is 1.88. The molecule has 0 aromatic heterocycles. The summed E-state index contributed by atoms with van der Waals surface area (Å²) in [5.41, 5.74) is 0.887. The molecule has 0 bridgehead atoms. The molecule has 1 aromatic rings. The van der Waals surface area contributed by atoms with Crippen LogP contribution in [0.25, 0.3) is 0 Å². The number of carboxylic acid groups (broad SMARTS) is 1. The quantitative estimate of drug-likeness (QED) is 0.873. The Morgan fingerprint density at radius 3 is 2.62 bits per heavy atom. The van der Waals surface area contributed by atoms with Gasteiger partial charge in [-0.1, -0.05) is 24.6 Å². The van der Waals surface area contributed by atoms with Crippen LogP contribution in [0.3, 0.4) is 0 Å². The Hall–Kier alpha value is -2.04. The molecule has 5 heteroatoms. The molecule has 0 radical (unpaired) electrons. The number of methoxy groups -OCH3 is 1. The van der Waals surface area contributed by atoms with E-state index in [0.717, 1.165) is 12.0 Å². The normalized spacial score (nSPS) is 22.6. The van der Waals surface area contributed by atoms with Crippen molar-refractivity contribution in [2.45, 2.75) is 32.2 Å². The second-order valence-corrected chi connectivity index (χ2v) is 5.45. The molecule has 0 aliphatic heterocycles. The van der Waals surface area contributed by atoms with E-state index in [2.05, 4.69) is 5.32 Å². The van der Waals surface area contributed by atoms with Crippen LogP contribution in [0.4, 0.5) is 0 Å². The Balaban J connectivity index is 2.07. The third-order valence-corrected chi connectivity index (χ3v) is 4.13. The van der Waals surface area contributed by atoms with Crippen molar-refractivity contribution < 1.29 is 19.4 Å². The molecule has 2 N–H and O–H groups in total. The molecule has 5 nitrogen and oxygen atoms in total. The topological polar surface area (TPSA) is 75.6 Å². The van der Waals surface area contributed by atoms with Crippen LogP contribution in [0.2, 0.25) is 0 Å². The Kier molecular flexibility index (Phi) is 4.83. The predicted molar refractivity (Wildman–Crippen MR) is 78.0 cm³/mol. The van der Waals surface area contributed by atoms with E-state index in [1.165, 1.54) is 0 Å². The molecular formula is C16H21NO4. The fourth-order valence-electron chi connectivity index (χ4n) is 2.99. The summed E-state index contributed by atoms with van der Waals surface area (Å²) < 4.78 is 5.29. The van der Waals surface area contributed by atoms with Gasteiger partial charge in [-0.15, -0.1) is 0 Å². The zero-order valence-electron chi connectivity index (χ0n) is 12.3. The molecular weight excluding hydrogens is 270 g/mol. The number of carboxylic acids is 1. The molecule has 1 aliphatic carbocycles. The summed E-state index contributed by atoms with van der Waals surface area (Å²) in [5, 5.41) is 12.1. The van der Waals surface area contributed by atoms with Gasteiger partial charge in [0.25, 0.3) is 0 Å². The number of para-hydroxylation sites is 1. The lowest BCUT2D eigenvalue weighted by molar-refractivity contribution is -0.146. The molecule has 2 unspecified atom stereocenters. The summed E-state index contributed by atoms with van der Waals surface area (Å²) in [5.74, 6) is -1.34. The second-order valence-electron chi connectivity index (χ2n) is 5.45. The van der Waals surface area contributed by atoms with E-state index in [0.29, 0.717) is 18.6 Å². The van der Waals surface area contributed by atoms with Crippen LogP contribution in [0.5, 0.6) is 5.75 Å². The molecule has 0 spiro atoms. The number of ether oxygens (including phenoxy) is 1. The van der Waals surface area contributed by atoms with Crippen molar-refractivity contribution in [2.75, 3.05) is 7.11 Å². The van der Waals surface area contributed by atoms with E-state index >= 15 is 0 Å². The number of rotatable bonds is 5. The SMILES string of the molecule is COc1ccccc1[C@H](C)NC(=O)C1CCCC1C(=O)O. The first kappa shape index (κ1) is 15.4. The Labute approximate surface area is 124 Å². The van der Waals surface area contributed by atoms with Gasteiger partial charge in [-0.25, -0.2) is 0 Å². The highest BCUT2D eigenvalue weighted by molar-refractivity contribution is 5.85. The van der Waals surface area contributed by atoms with E-state index in [1.54, 1.807) is 7.11 Å². The molecule has 1 amide bonds. The van der Waals surface area contributed by atoms with Crippen LogP contribution in [0.15, 0.2) is 24.3 Å². The first-order valence-corrected chi connectivity index (χ1v) is 7.20. The van der Waals surface area contributed by atoms with E-state index in [9.17, 15) is 9.59 Å². The maximum atomic E-state index is 12.3. The predicted octanol–water partition coefficient (Wildman–Crippen LogP) is 2.37. The fraction of sp³-hybridized carbons (Fsp3) is 0.500. The standard InChI is InChI=1S/C16H21NO4/c1-10(11-6-3-4-9-14(11)21-2)17-15(18)12-7-5-8-13(12)16(19)20/h3-4,6,9-10,12-13H,5,7-8H2,1-2H3,(H,17,18)(H,19,20)/t10-,12?,13?/m0/s1. The summed E-state index contributed by atoms with van der Waals surface area (Å²) in [6, 6.07) is 7.27. The highest BCUT2D eigenvalue weighted by Crippen LogP contribution is 2.33. The summed E-state index contributed by atoms with van der Waals surface area (Å²) in [7, 11) is 1.59. The van der Waals surface area contributed by atoms with Crippen LogP contribution in [-0.4, -0.2) is 24.1 Å². The van der Waals surface area contributed by atoms with Gasteiger partial charge >= 0.3 is 5.97 Å². The van der Waals surface area contributed by atoms with Gasteiger partial charge in [-0.2, -0.15) is 0 Å². The Morgan fingerprint density at radius 1 is 1.29 bits per heavy atom. The van der Waals surface area contributed by atoms with Crippen molar-refractivity contribution >= 4 is 11.9 Å². The highest BCUT2D eigenvalue weighted by Gasteiger charge is 2.38. The molecule has 3 atom stereocenters. The second kappa shape index (κ2) is 6.61. The van der Waals surface area contributed by atoms with Gasteiger partial charge in [0.1, 0.15) is 5.75 Å². The number of hydrogen-bond acceptors (Lipinski definition) is 3. The van der Waals surface area contributed by atoms with Crippen molar-refractivity contribution in [2.24, 2.45) is 11.8 Å². The fourth-order valence-corrected chi connectivity index (χ4v) is 2.99. The summed E-state index contributed by atoms with van der Waals surface area (Å²) in [6.07, 6.45) is 2.01. The van der Waals surface area contributed by atoms with Crippen molar-refractivity contribution in [3.05, 3.63) is 29.8 Å². The third-order valence-electron chi connectivity index (χ3n) is 4.13. The van der Waals surface area contributed by atoms with Gasteiger partial charge in [0.05, 0.1) is 25.0 Å². The number of aliphatic carboxylic acids is 1. The number of carbonyl (C=O) groups is 2. The van der Waals surface area contributed by atoms with Crippen LogP contribution < -0.4 is 10.1 Å². The van der Waals surface area contributed by atoms with E-state index in [-0.39, 0.29) is 11.9 Å². The minimum absolute atomic E-state index is 0.182. The molecule has 2 rings (SSSR count). The molecule has 1 aliphatic rings. The van der Waals surface area contributed by atoms with Crippen molar-refractivity contribution in [3.63, 3.8) is 0 Å². The minimum Gasteiger partial charge on any atom is -0.496 e. The monoisotopic (exact) mass is 291 g/mol. The largest absolute Gasteiger partial charge is 0.496 e. The minimum atomic E-state index is -0.877. The lowest BCUT2D eigenvalue weighted by atomic mass is 9.94. The first-order chi connectivity index (χ1) is 10.0. The van der Waals surface area contributed by atoms with Crippen LogP contribution >= 0.6 is 0 Å². The van der Waals surface area contributed by atoms with Crippen molar-refractivity contribution in [1.29, 1.82) is 0 Å². The third kappa shape index (κ3) is 3.35. The zero-order valence-corrected chi connectivity index (χ0v) is 12.3. The molecule has 0 saturated heterocycles. The molecule has 21 heavy (non-hydrogen) atoms. The number of benzene rings is 1. The number of nitrogens with one attached hydrogen (secondary N) is 1. The molecule has 1 fully saturated rings. The number of hydrogen-bond donors (Lipinski definition) is 2. The highest BCUT2D eigenvalue weighted by atomic mass is 16.5. The molecule has 1 aromatic carbocycles. The van der Waals surface area contributed by atoms with Gasteiger partial charge in [-0.05, 0) is 25.8 Å². The lowest BCUT2D eigenvalue weighted by Gasteiger charge is -2.21. The van der Waals surface area contributed by atoms with Crippen molar-refractivity contribution in [3.8, 4) is 5.75 Å². The van der Waals surface area contributed by atoms with E-state index in [1.807, 2.05) is 31.2 Å². The van der Waals surface area contributed by atoms with Crippen LogP contribution in [-0.2, 0) is 9.59 Å². The summed E-state index contributed by atoms with van der Waals surface area (Å²) in [4.78, 5) is 23.5. The number of amides is 1. The summed E-state index contributed by atoms with van der Waals surface area (Å²) >= 11 is 0. The maximum Gasteiger partial charge on any atom is 0.307 e. The Morgan fingerprint density at radius 2 is 1.95 bits per heavy atom. The molecule has 1 saturated carbocycles. The van der Waals surface area contributed by atoms with Gasteiger partial charge < -0.3 is 15.2 Å². The van der Waals surface area contributed by atoms with Gasteiger partial charge in [0, 0.05) is 5.56 Å². The lowest BCUT2D eigenvalue weighted by Crippen LogP contribution is -2.36. The molecule has 114 valence electrons. The van der Waals surface area contributed by atoms with Crippen LogP contribution in [0.1, 0.15) is 37.8 Å². The van der Waals surface area contributed by atoms with Gasteiger partial charge in [-0.3, -0.25) is 9.59 Å². The Bertz CT molecular complexity index is 529.